The Morgan fingerprint density at radius 2 is 1.63 bits per heavy atom. The van der Waals surface area contributed by atoms with Crippen molar-refractivity contribution in [2.24, 2.45) is 5.73 Å². The van der Waals surface area contributed by atoms with Gasteiger partial charge in [-0.2, -0.15) is 0 Å². The molecule has 0 aliphatic carbocycles. The minimum Gasteiger partial charge on any atom is -0.451 e. The van der Waals surface area contributed by atoms with Crippen LogP contribution in [0.1, 0.15) is 18.5 Å². The molecular formula is C14H12BrF2NO. The van der Waals surface area contributed by atoms with Crippen LogP contribution in [0.3, 0.4) is 0 Å². The zero-order valence-electron chi connectivity index (χ0n) is 10.2. The molecule has 2 aromatic carbocycles. The molecule has 0 spiro atoms. The molecule has 0 heterocycles. The Morgan fingerprint density at radius 3 is 2.16 bits per heavy atom. The summed E-state index contributed by atoms with van der Waals surface area (Å²) in [5.74, 6) is -1.21. The topological polar surface area (TPSA) is 35.2 Å². The van der Waals surface area contributed by atoms with Crippen molar-refractivity contribution in [3.63, 3.8) is 0 Å². The van der Waals surface area contributed by atoms with E-state index < -0.39 is 11.6 Å². The van der Waals surface area contributed by atoms with Crippen molar-refractivity contribution in [2.75, 3.05) is 0 Å². The van der Waals surface area contributed by atoms with E-state index in [0.29, 0.717) is 10.0 Å². The van der Waals surface area contributed by atoms with Gasteiger partial charge in [-0.05, 0) is 42.8 Å². The summed E-state index contributed by atoms with van der Waals surface area (Å²) in [6.45, 7) is 1.75. The van der Waals surface area contributed by atoms with E-state index >= 15 is 0 Å². The van der Waals surface area contributed by atoms with Crippen molar-refractivity contribution in [3.8, 4) is 11.5 Å². The first-order valence-corrected chi connectivity index (χ1v) is 6.44. The predicted octanol–water partition coefficient (Wildman–Crippen LogP) is 4.54. The van der Waals surface area contributed by atoms with Crippen LogP contribution in [0, 0.1) is 11.6 Å². The molecule has 0 aliphatic rings. The number of hydrogen-bond acceptors (Lipinski definition) is 2. The minimum absolute atomic E-state index is 0.0318. The van der Waals surface area contributed by atoms with Gasteiger partial charge in [0.15, 0.2) is 23.1 Å². The average Bonchev–Trinajstić information content (AvgIpc) is 2.34. The van der Waals surface area contributed by atoms with Crippen LogP contribution < -0.4 is 10.5 Å². The van der Waals surface area contributed by atoms with Gasteiger partial charge in [-0.15, -0.1) is 0 Å². The third kappa shape index (κ3) is 3.30. The second kappa shape index (κ2) is 5.67. The fourth-order valence-corrected chi connectivity index (χ4v) is 1.89. The number of halogens is 3. The normalized spacial score (nSPS) is 12.3. The lowest BCUT2D eigenvalue weighted by Gasteiger charge is -2.10. The molecule has 0 aromatic heterocycles. The van der Waals surface area contributed by atoms with Crippen molar-refractivity contribution < 1.29 is 13.5 Å². The highest BCUT2D eigenvalue weighted by molar-refractivity contribution is 9.10. The van der Waals surface area contributed by atoms with Crippen LogP contribution in [0.4, 0.5) is 8.78 Å². The zero-order valence-corrected chi connectivity index (χ0v) is 11.7. The molecule has 19 heavy (non-hydrogen) atoms. The smallest absolute Gasteiger partial charge is 0.166 e. The highest BCUT2D eigenvalue weighted by Gasteiger charge is 2.11. The maximum absolute atomic E-state index is 13.8. The molecule has 0 fully saturated rings. The predicted molar refractivity (Wildman–Crippen MR) is 73.2 cm³/mol. The van der Waals surface area contributed by atoms with Crippen LogP contribution in [0.15, 0.2) is 40.9 Å². The standard InChI is InChI=1S/C14H12BrF2NO/c1-8(18)9-2-4-13(11(16)6-9)19-14-5-3-10(15)7-12(14)17/h2-8H,18H2,1H3/t8-/m0/s1. The first kappa shape index (κ1) is 14.0. The molecule has 0 saturated heterocycles. The molecule has 0 unspecified atom stereocenters. The number of benzene rings is 2. The fraction of sp³-hybridized carbons (Fsp3) is 0.143. The fourth-order valence-electron chi connectivity index (χ4n) is 1.56. The summed E-state index contributed by atoms with van der Waals surface area (Å²) in [5.41, 5.74) is 6.31. The van der Waals surface area contributed by atoms with Crippen molar-refractivity contribution in [3.05, 3.63) is 58.1 Å². The second-order valence-corrected chi connectivity index (χ2v) is 5.07. The third-order valence-corrected chi connectivity index (χ3v) is 3.09. The molecule has 0 saturated carbocycles. The van der Waals surface area contributed by atoms with Crippen molar-refractivity contribution in [1.29, 1.82) is 0 Å². The van der Waals surface area contributed by atoms with E-state index in [4.69, 9.17) is 10.5 Å². The van der Waals surface area contributed by atoms with Gasteiger partial charge in [0.2, 0.25) is 0 Å². The summed E-state index contributed by atoms with van der Waals surface area (Å²) in [7, 11) is 0. The highest BCUT2D eigenvalue weighted by atomic mass is 79.9. The van der Waals surface area contributed by atoms with Gasteiger partial charge in [0.25, 0.3) is 0 Å². The quantitative estimate of drug-likeness (QED) is 0.898. The number of hydrogen-bond donors (Lipinski definition) is 1. The van der Waals surface area contributed by atoms with Crippen molar-refractivity contribution >= 4 is 15.9 Å². The molecule has 0 aliphatic heterocycles. The van der Waals surface area contributed by atoms with E-state index in [1.165, 1.54) is 24.3 Å². The molecule has 2 rings (SSSR count). The largest absolute Gasteiger partial charge is 0.451 e. The summed E-state index contributed by atoms with van der Waals surface area (Å²) >= 11 is 3.14. The Bertz CT molecular complexity index is 602. The Balaban J connectivity index is 2.28. The van der Waals surface area contributed by atoms with Gasteiger partial charge in [-0.3, -0.25) is 0 Å². The Hall–Kier alpha value is -1.46. The minimum atomic E-state index is -0.572. The van der Waals surface area contributed by atoms with Crippen LogP contribution in [-0.4, -0.2) is 0 Å². The summed E-state index contributed by atoms with van der Waals surface area (Å²) in [5, 5.41) is 0. The van der Waals surface area contributed by atoms with E-state index in [1.54, 1.807) is 19.1 Å². The van der Waals surface area contributed by atoms with Gasteiger partial charge in [0, 0.05) is 10.5 Å². The Labute approximate surface area is 118 Å². The van der Waals surface area contributed by atoms with Crippen LogP contribution in [0.25, 0.3) is 0 Å². The summed E-state index contributed by atoms with van der Waals surface area (Å²) in [6, 6.07) is 8.41. The molecule has 5 heteroatoms. The molecule has 2 nitrogen and oxygen atoms in total. The number of nitrogens with two attached hydrogens (primary N) is 1. The molecule has 2 N–H and O–H groups in total. The molecule has 1 atom stereocenters. The van der Waals surface area contributed by atoms with E-state index in [1.807, 2.05) is 0 Å². The average molecular weight is 328 g/mol. The maximum atomic E-state index is 13.8. The second-order valence-electron chi connectivity index (χ2n) is 4.16. The number of rotatable bonds is 3. The van der Waals surface area contributed by atoms with Crippen LogP contribution in [-0.2, 0) is 0 Å². The third-order valence-electron chi connectivity index (χ3n) is 2.60. The van der Waals surface area contributed by atoms with Crippen molar-refractivity contribution in [2.45, 2.75) is 13.0 Å². The SMILES string of the molecule is C[C@H](N)c1ccc(Oc2ccc(Br)cc2F)c(F)c1. The molecular weight excluding hydrogens is 316 g/mol. The van der Waals surface area contributed by atoms with Crippen molar-refractivity contribution in [1.82, 2.24) is 0 Å². The summed E-state index contributed by atoms with van der Waals surface area (Å²) in [4.78, 5) is 0. The monoisotopic (exact) mass is 327 g/mol. The molecule has 0 bridgehead atoms. The maximum Gasteiger partial charge on any atom is 0.166 e. The lowest BCUT2D eigenvalue weighted by atomic mass is 10.1. The van der Waals surface area contributed by atoms with Gasteiger partial charge >= 0.3 is 0 Å². The van der Waals surface area contributed by atoms with Crippen LogP contribution in [0.5, 0.6) is 11.5 Å². The summed E-state index contributed by atoms with van der Waals surface area (Å²) in [6.07, 6.45) is 0. The van der Waals surface area contributed by atoms with Crippen LogP contribution in [0.2, 0.25) is 0 Å². The first-order valence-electron chi connectivity index (χ1n) is 5.65. The molecule has 0 amide bonds. The lowest BCUT2D eigenvalue weighted by Crippen LogP contribution is -2.05. The number of ether oxygens (including phenoxy) is 1. The van der Waals surface area contributed by atoms with Gasteiger partial charge in [0.05, 0.1) is 0 Å². The Morgan fingerprint density at radius 1 is 1.05 bits per heavy atom. The zero-order chi connectivity index (χ0) is 14.0. The lowest BCUT2D eigenvalue weighted by molar-refractivity contribution is 0.414. The summed E-state index contributed by atoms with van der Waals surface area (Å²) < 4.78 is 33.2. The molecule has 2 aromatic rings. The van der Waals surface area contributed by atoms with Gasteiger partial charge in [0.1, 0.15) is 0 Å². The van der Waals surface area contributed by atoms with E-state index in [0.717, 1.165) is 0 Å². The molecule has 0 radical (unpaired) electrons. The Kier molecular flexibility index (Phi) is 4.17. The first-order chi connectivity index (χ1) is 8.97. The van der Waals surface area contributed by atoms with Gasteiger partial charge in [-0.25, -0.2) is 8.78 Å². The van der Waals surface area contributed by atoms with Gasteiger partial charge in [-0.1, -0.05) is 22.0 Å². The van der Waals surface area contributed by atoms with E-state index in [2.05, 4.69) is 15.9 Å². The van der Waals surface area contributed by atoms with Gasteiger partial charge < -0.3 is 10.5 Å². The van der Waals surface area contributed by atoms with E-state index in [-0.39, 0.29) is 17.5 Å². The van der Waals surface area contributed by atoms with Crippen LogP contribution >= 0.6 is 15.9 Å². The molecule has 100 valence electrons. The van der Waals surface area contributed by atoms with E-state index in [9.17, 15) is 8.78 Å². The highest BCUT2D eigenvalue weighted by Crippen LogP contribution is 2.29.